The third kappa shape index (κ3) is 2.63. The van der Waals surface area contributed by atoms with Crippen LogP contribution >= 0.6 is 11.5 Å². The number of rotatable bonds is 3. The van der Waals surface area contributed by atoms with Gasteiger partial charge in [-0.2, -0.15) is 4.37 Å². The van der Waals surface area contributed by atoms with E-state index in [1.165, 1.54) is 17.2 Å². The summed E-state index contributed by atoms with van der Waals surface area (Å²) < 4.78 is 9.46. The Hall–Kier alpha value is -1.82. The molecule has 0 unspecified atom stereocenters. The molecule has 0 amide bonds. The fourth-order valence-electron chi connectivity index (χ4n) is 2.26. The Labute approximate surface area is 116 Å². The normalized spacial score (nSPS) is 15.6. The SMILES string of the molecule is COc1ccc(N2CCN(c3ncsn3)CC2)cc1. The summed E-state index contributed by atoms with van der Waals surface area (Å²) in [4.78, 5) is 8.87. The van der Waals surface area contributed by atoms with Gasteiger partial charge in [-0.1, -0.05) is 0 Å². The molecule has 1 saturated heterocycles. The summed E-state index contributed by atoms with van der Waals surface area (Å²) in [5.41, 5.74) is 3.03. The van der Waals surface area contributed by atoms with E-state index >= 15 is 0 Å². The standard InChI is InChI=1S/C13H16N4OS/c1-18-12-4-2-11(3-5-12)16-6-8-17(9-7-16)13-14-10-19-15-13/h2-5,10H,6-9H2,1H3. The van der Waals surface area contributed by atoms with Crippen LogP contribution in [0.2, 0.25) is 0 Å². The van der Waals surface area contributed by atoms with Crippen LogP contribution in [-0.2, 0) is 0 Å². The lowest BCUT2D eigenvalue weighted by Gasteiger charge is -2.35. The first-order chi connectivity index (χ1) is 9.36. The fraction of sp³-hybridized carbons (Fsp3) is 0.385. The van der Waals surface area contributed by atoms with Gasteiger partial charge in [0.1, 0.15) is 11.3 Å². The van der Waals surface area contributed by atoms with E-state index in [1.54, 1.807) is 12.6 Å². The van der Waals surface area contributed by atoms with Gasteiger partial charge in [0.25, 0.3) is 0 Å². The minimum atomic E-state index is 0.861. The van der Waals surface area contributed by atoms with Crippen LogP contribution in [0.5, 0.6) is 5.75 Å². The van der Waals surface area contributed by atoms with E-state index in [-0.39, 0.29) is 0 Å². The van der Waals surface area contributed by atoms with Crippen molar-refractivity contribution in [1.29, 1.82) is 0 Å². The number of benzene rings is 1. The molecule has 3 rings (SSSR count). The molecular formula is C13H16N4OS. The van der Waals surface area contributed by atoms with Gasteiger partial charge in [0.15, 0.2) is 0 Å². The minimum Gasteiger partial charge on any atom is -0.497 e. The zero-order valence-corrected chi connectivity index (χ0v) is 11.6. The van der Waals surface area contributed by atoms with Gasteiger partial charge in [-0.25, -0.2) is 4.98 Å². The molecule has 0 saturated carbocycles. The lowest BCUT2D eigenvalue weighted by molar-refractivity contribution is 0.415. The summed E-state index contributed by atoms with van der Waals surface area (Å²) in [6, 6.07) is 8.22. The average molecular weight is 276 g/mol. The summed E-state index contributed by atoms with van der Waals surface area (Å²) in [5.74, 6) is 1.76. The highest BCUT2D eigenvalue weighted by Gasteiger charge is 2.19. The van der Waals surface area contributed by atoms with Crippen molar-refractivity contribution in [3.05, 3.63) is 29.8 Å². The van der Waals surface area contributed by atoms with Gasteiger partial charge in [-0.3, -0.25) is 0 Å². The highest BCUT2D eigenvalue weighted by Crippen LogP contribution is 2.21. The van der Waals surface area contributed by atoms with Crippen LogP contribution in [0.1, 0.15) is 0 Å². The van der Waals surface area contributed by atoms with Crippen LogP contribution in [0.15, 0.2) is 29.8 Å². The number of methoxy groups -OCH3 is 1. The summed E-state index contributed by atoms with van der Waals surface area (Å²) in [5, 5.41) is 0. The molecule has 1 aromatic carbocycles. The lowest BCUT2D eigenvalue weighted by atomic mass is 10.2. The van der Waals surface area contributed by atoms with Crippen LogP contribution in [-0.4, -0.2) is 42.6 Å². The Morgan fingerprint density at radius 3 is 2.32 bits per heavy atom. The Balaban J connectivity index is 1.63. The maximum atomic E-state index is 5.18. The largest absolute Gasteiger partial charge is 0.497 e. The molecule has 0 bridgehead atoms. The van der Waals surface area contributed by atoms with Gasteiger partial charge >= 0.3 is 0 Å². The molecule has 19 heavy (non-hydrogen) atoms. The molecule has 100 valence electrons. The van der Waals surface area contributed by atoms with Crippen molar-refractivity contribution >= 4 is 23.2 Å². The van der Waals surface area contributed by atoms with Crippen molar-refractivity contribution in [3.8, 4) is 5.75 Å². The predicted molar refractivity (Wildman–Crippen MR) is 77.3 cm³/mol. The Kier molecular flexibility index (Phi) is 3.50. The smallest absolute Gasteiger partial charge is 0.237 e. The first-order valence-corrected chi connectivity index (χ1v) is 7.11. The van der Waals surface area contributed by atoms with E-state index in [9.17, 15) is 0 Å². The second-order valence-electron chi connectivity index (χ2n) is 4.40. The molecule has 0 spiro atoms. The number of hydrogen-bond acceptors (Lipinski definition) is 6. The summed E-state index contributed by atoms with van der Waals surface area (Å²) in [6.45, 7) is 3.91. The van der Waals surface area contributed by atoms with Crippen molar-refractivity contribution in [2.24, 2.45) is 0 Å². The molecule has 0 N–H and O–H groups in total. The molecule has 2 aromatic rings. The second kappa shape index (κ2) is 5.44. The maximum Gasteiger partial charge on any atom is 0.237 e. The molecule has 6 heteroatoms. The van der Waals surface area contributed by atoms with Crippen LogP contribution in [0.25, 0.3) is 0 Å². The first-order valence-electron chi connectivity index (χ1n) is 6.27. The van der Waals surface area contributed by atoms with E-state index in [0.29, 0.717) is 0 Å². The van der Waals surface area contributed by atoms with Gasteiger partial charge in [-0.05, 0) is 35.8 Å². The number of nitrogens with zero attached hydrogens (tertiary/aromatic N) is 4. The highest BCUT2D eigenvalue weighted by molar-refractivity contribution is 7.03. The molecule has 0 radical (unpaired) electrons. The fourth-order valence-corrected chi connectivity index (χ4v) is 2.71. The molecule has 1 aliphatic heterocycles. The van der Waals surface area contributed by atoms with Crippen LogP contribution in [0.4, 0.5) is 11.6 Å². The van der Waals surface area contributed by atoms with Crippen molar-refractivity contribution in [2.45, 2.75) is 0 Å². The van der Waals surface area contributed by atoms with Gasteiger partial charge in [0.05, 0.1) is 7.11 Å². The monoisotopic (exact) mass is 276 g/mol. The molecular weight excluding hydrogens is 260 g/mol. The van der Waals surface area contributed by atoms with Gasteiger partial charge in [0, 0.05) is 31.9 Å². The number of hydrogen-bond donors (Lipinski definition) is 0. The van der Waals surface area contributed by atoms with Crippen LogP contribution < -0.4 is 14.5 Å². The van der Waals surface area contributed by atoms with Crippen LogP contribution in [0.3, 0.4) is 0 Å². The zero-order valence-electron chi connectivity index (χ0n) is 10.8. The zero-order chi connectivity index (χ0) is 13.1. The van der Waals surface area contributed by atoms with E-state index in [4.69, 9.17) is 4.74 Å². The van der Waals surface area contributed by atoms with Gasteiger partial charge < -0.3 is 14.5 Å². The number of piperazine rings is 1. The molecule has 1 fully saturated rings. The van der Waals surface area contributed by atoms with Crippen molar-refractivity contribution in [3.63, 3.8) is 0 Å². The third-order valence-electron chi connectivity index (χ3n) is 3.35. The molecule has 0 aliphatic carbocycles. The molecule has 5 nitrogen and oxygen atoms in total. The highest BCUT2D eigenvalue weighted by atomic mass is 32.1. The molecule has 0 atom stereocenters. The van der Waals surface area contributed by atoms with E-state index in [0.717, 1.165) is 37.9 Å². The molecule has 1 aromatic heterocycles. The first kappa shape index (κ1) is 12.2. The minimum absolute atomic E-state index is 0.861. The van der Waals surface area contributed by atoms with E-state index in [2.05, 4.69) is 31.3 Å². The van der Waals surface area contributed by atoms with Crippen molar-refractivity contribution in [2.75, 3.05) is 43.1 Å². The molecule has 1 aliphatic rings. The van der Waals surface area contributed by atoms with Crippen molar-refractivity contribution < 1.29 is 4.74 Å². The Morgan fingerprint density at radius 2 is 1.74 bits per heavy atom. The second-order valence-corrected chi connectivity index (χ2v) is 5.01. The third-order valence-corrected chi connectivity index (χ3v) is 3.82. The van der Waals surface area contributed by atoms with Crippen LogP contribution in [0, 0.1) is 0 Å². The molecule has 2 heterocycles. The maximum absolute atomic E-state index is 5.18. The predicted octanol–water partition coefficient (Wildman–Crippen LogP) is 1.87. The number of aromatic nitrogens is 2. The Morgan fingerprint density at radius 1 is 1.05 bits per heavy atom. The summed E-state index contributed by atoms with van der Waals surface area (Å²) in [6.07, 6.45) is 0. The average Bonchev–Trinajstić information content (AvgIpc) is 3.02. The lowest BCUT2D eigenvalue weighted by Crippen LogP contribution is -2.46. The summed E-state index contributed by atoms with van der Waals surface area (Å²) >= 11 is 1.40. The van der Waals surface area contributed by atoms with E-state index < -0.39 is 0 Å². The van der Waals surface area contributed by atoms with Crippen molar-refractivity contribution in [1.82, 2.24) is 9.36 Å². The number of ether oxygens (including phenoxy) is 1. The Bertz CT molecular complexity index is 506. The summed E-state index contributed by atoms with van der Waals surface area (Å²) in [7, 11) is 1.69. The topological polar surface area (TPSA) is 41.5 Å². The van der Waals surface area contributed by atoms with E-state index in [1.807, 2.05) is 12.1 Å². The van der Waals surface area contributed by atoms with Gasteiger partial charge in [0.2, 0.25) is 5.95 Å². The quantitative estimate of drug-likeness (QED) is 0.856. The van der Waals surface area contributed by atoms with Gasteiger partial charge in [-0.15, -0.1) is 0 Å². The number of anilines is 2.